The third kappa shape index (κ3) is 2.12. The molecule has 70 valence electrons. The predicted molar refractivity (Wildman–Crippen MR) is 47.4 cm³/mol. The van der Waals surface area contributed by atoms with E-state index in [0.29, 0.717) is 0 Å². The van der Waals surface area contributed by atoms with Crippen molar-refractivity contribution >= 4 is 26.4 Å². The smallest absolute Gasteiger partial charge is 0.248 e. The lowest BCUT2D eigenvalue weighted by Gasteiger charge is -2.32. The second-order valence-electron chi connectivity index (χ2n) is 3.16. The Morgan fingerprint density at radius 3 is 2.00 bits per heavy atom. The molecule has 1 saturated carbocycles. The van der Waals surface area contributed by atoms with E-state index in [1.54, 1.807) is 0 Å². The van der Waals surface area contributed by atoms with E-state index in [1.165, 1.54) is 22.6 Å². The molecule has 0 radical (unpaired) electrons. The van der Waals surface area contributed by atoms with Gasteiger partial charge in [-0.15, -0.1) is 0 Å². The van der Waals surface area contributed by atoms with Gasteiger partial charge in [-0.05, 0) is 12.8 Å². The van der Waals surface area contributed by atoms with E-state index in [-0.39, 0.29) is 12.8 Å². The topological polar surface area (TPSA) is 37.3 Å². The van der Waals surface area contributed by atoms with Crippen molar-refractivity contribution in [3.8, 4) is 0 Å². The summed E-state index contributed by atoms with van der Waals surface area (Å²) in [5, 5.41) is 9.49. The molecule has 12 heavy (non-hydrogen) atoms. The molecule has 0 aliphatic heterocycles. The van der Waals surface area contributed by atoms with E-state index < -0.39 is 28.2 Å². The number of carbonyl (C=O) groups excluding carboxylic acids is 1. The van der Waals surface area contributed by atoms with Gasteiger partial charge in [0.1, 0.15) is 5.60 Å². The monoisotopic (exact) mass is 290 g/mol. The summed E-state index contributed by atoms with van der Waals surface area (Å²) >= 11 is 1.46. The van der Waals surface area contributed by atoms with Crippen LogP contribution in [0.5, 0.6) is 0 Å². The highest BCUT2D eigenvalue weighted by Gasteiger charge is 2.45. The number of hydrogen-bond acceptors (Lipinski definition) is 2. The highest BCUT2D eigenvalue weighted by Crippen LogP contribution is 2.39. The van der Waals surface area contributed by atoms with Crippen LogP contribution in [0.15, 0.2) is 0 Å². The van der Waals surface area contributed by atoms with Gasteiger partial charge in [0, 0.05) is 35.4 Å². The van der Waals surface area contributed by atoms with Crippen LogP contribution >= 0.6 is 22.6 Å². The lowest BCUT2D eigenvalue weighted by Crippen LogP contribution is -2.42. The van der Waals surface area contributed by atoms with Crippen LogP contribution < -0.4 is 0 Å². The lowest BCUT2D eigenvalue weighted by atomic mass is 9.84. The Bertz CT molecular complexity index is 196. The van der Waals surface area contributed by atoms with Crippen molar-refractivity contribution in [2.24, 2.45) is 0 Å². The number of aliphatic hydroxyl groups is 1. The van der Waals surface area contributed by atoms with Crippen LogP contribution in [-0.4, -0.2) is 20.4 Å². The summed E-state index contributed by atoms with van der Waals surface area (Å²) in [5.74, 6) is -2.70. The quantitative estimate of drug-likeness (QED) is 0.591. The number of hydrogen-bond donors (Lipinski definition) is 1. The molecule has 1 N–H and O–H groups in total. The van der Waals surface area contributed by atoms with Crippen molar-refractivity contribution in [2.75, 3.05) is 0 Å². The first-order chi connectivity index (χ1) is 5.36. The van der Waals surface area contributed by atoms with Crippen LogP contribution in [0.1, 0.15) is 25.7 Å². The van der Waals surface area contributed by atoms with E-state index >= 15 is 0 Å². The Labute approximate surface area is 82.5 Å². The molecule has 0 aromatic carbocycles. The summed E-state index contributed by atoms with van der Waals surface area (Å²) in [5.41, 5.74) is -1.50. The molecule has 0 saturated heterocycles. The highest BCUT2D eigenvalue weighted by atomic mass is 127. The molecule has 5 heteroatoms. The number of rotatable bonds is 1. The van der Waals surface area contributed by atoms with E-state index in [2.05, 4.69) is 0 Å². The summed E-state index contributed by atoms with van der Waals surface area (Å²) in [6, 6.07) is 0. The normalized spacial score (nSPS) is 26.7. The Morgan fingerprint density at radius 1 is 1.25 bits per heavy atom. The first-order valence-corrected chi connectivity index (χ1v) is 4.74. The number of alkyl halides is 2. The minimum Gasteiger partial charge on any atom is -0.381 e. The zero-order valence-corrected chi connectivity index (χ0v) is 8.48. The number of halogens is 3. The van der Waals surface area contributed by atoms with E-state index in [9.17, 15) is 18.7 Å². The van der Waals surface area contributed by atoms with Crippen LogP contribution in [0.25, 0.3) is 0 Å². The van der Waals surface area contributed by atoms with Gasteiger partial charge in [0.25, 0.3) is 0 Å². The average Bonchev–Trinajstić information content (AvgIpc) is 1.96. The zero-order chi connectivity index (χ0) is 9.41. The maximum absolute atomic E-state index is 12.6. The van der Waals surface area contributed by atoms with Gasteiger partial charge in [-0.3, -0.25) is 4.79 Å². The van der Waals surface area contributed by atoms with Crippen LogP contribution in [0.2, 0.25) is 0 Å². The summed E-state index contributed by atoms with van der Waals surface area (Å²) < 4.78 is 24.7. The van der Waals surface area contributed by atoms with Crippen LogP contribution in [-0.2, 0) is 4.79 Å². The van der Waals surface area contributed by atoms with Gasteiger partial charge >= 0.3 is 0 Å². The van der Waals surface area contributed by atoms with Crippen LogP contribution in [0.4, 0.5) is 8.78 Å². The molecule has 1 aliphatic carbocycles. The Morgan fingerprint density at radius 2 is 1.67 bits per heavy atom. The maximum atomic E-state index is 12.6. The van der Waals surface area contributed by atoms with Crippen molar-refractivity contribution in [2.45, 2.75) is 37.2 Å². The molecule has 0 atom stereocenters. The average molecular weight is 290 g/mol. The molecule has 0 amide bonds. The predicted octanol–water partition coefficient (Wildman–Crippen LogP) is 1.89. The molecule has 0 unspecified atom stereocenters. The van der Waals surface area contributed by atoms with Gasteiger partial charge in [-0.2, -0.15) is 0 Å². The van der Waals surface area contributed by atoms with Crippen molar-refractivity contribution in [1.82, 2.24) is 0 Å². The van der Waals surface area contributed by atoms with Crippen molar-refractivity contribution in [3.05, 3.63) is 0 Å². The minimum atomic E-state index is -2.70. The third-order valence-electron chi connectivity index (χ3n) is 2.17. The van der Waals surface area contributed by atoms with E-state index in [0.717, 1.165) is 0 Å². The minimum absolute atomic E-state index is 0.123. The largest absolute Gasteiger partial charge is 0.381 e. The van der Waals surface area contributed by atoms with Crippen molar-refractivity contribution in [1.29, 1.82) is 0 Å². The Balaban J connectivity index is 2.62. The molecule has 0 aromatic rings. The molecular weight excluding hydrogens is 281 g/mol. The fourth-order valence-electron chi connectivity index (χ4n) is 1.23. The molecule has 1 aliphatic rings. The third-order valence-corrected chi connectivity index (χ3v) is 3.18. The van der Waals surface area contributed by atoms with Gasteiger partial charge in [-0.25, -0.2) is 8.78 Å². The standard InChI is InChI=1S/C7H9F2IO2/c8-7(9)3-1-6(12,2-4-7)5(10)11/h12H,1-4H2. The van der Waals surface area contributed by atoms with Crippen LogP contribution in [0, 0.1) is 0 Å². The van der Waals surface area contributed by atoms with Crippen LogP contribution in [0.3, 0.4) is 0 Å². The maximum Gasteiger partial charge on any atom is 0.248 e. The first-order valence-electron chi connectivity index (χ1n) is 3.66. The molecule has 0 aromatic heterocycles. The molecule has 1 rings (SSSR count). The van der Waals surface area contributed by atoms with Gasteiger partial charge in [0.05, 0.1) is 0 Å². The van der Waals surface area contributed by atoms with Crippen molar-refractivity contribution < 1.29 is 18.7 Å². The van der Waals surface area contributed by atoms with Gasteiger partial charge in [0.2, 0.25) is 9.71 Å². The Hall–Kier alpha value is 0.220. The second kappa shape index (κ2) is 3.17. The van der Waals surface area contributed by atoms with Crippen molar-refractivity contribution in [3.63, 3.8) is 0 Å². The molecule has 2 nitrogen and oxygen atoms in total. The molecule has 0 bridgehead atoms. The van der Waals surface area contributed by atoms with E-state index in [4.69, 9.17) is 0 Å². The SMILES string of the molecule is O=C(I)C1(O)CCC(F)(F)CC1. The summed E-state index contributed by atoms with van der Waals surface area (Å²) in [6.45, 7) is 0. The molecule has 0 heterocycles. The lowest BCUT2D eigenvalue weighted by molar-refractivity contribution is -0.140. The van der Waals surface area contributed by atoms with E-state index in [1.807, 2.05) is 0 Å². The number of carbonyl (C=O) groups is 1. The zero-order valence-electron chi connectivity index (χ0n) is 6.32. The molecular formula is C7H9F2IO2. The molecule has 1 fully saturated rings. The fourth-order valence-corrected chi connectivity index (χ4v) is 1.77. The molecule has 0 spiro atoms. The van der Waals surface area contributed by atoms with Gasteiger partial charge in [0.15, 0.2) is 0 Å². The van der Waals surface area contributed by atoms with Gasteiger partial charge < -0.3 is 5.11 Å². The summed E-state index contributed by atoms with van der Waals surface area (Å²) in [6.07, 6.45) is -1.03. The van der Waals surface area contributed by atoms with Gasteiger partial charge in [-0.1, -0.05) is 0 Å². The first kappa shape index (κ1) is 10.3. The summed E-state index contributed by atoms with van der Waals surface area (Å²) in [4.78, 5) is 10.8. The summed E-state index contributed by atoms with van der Waals surface area (Å²) in [7, 11) is 0. The second-order valence-corrected chi connectivity index (χ2v) is 4.14. The fraction of sp³-hybridized carbons (Fsp3) is 0.857. The highest BCUT2D eigenvalue weighted by molar-refractivity contribution is 14.1. The Kier molecular flexibility index (Phi) is 2.72.